The lowest BCUT2D eigenvalue weighted by atomic mass is 9.90. The van der Waals surface area contributed by atoms with Gasteiger partial charge in [-0.25, -0.2) is 8.42 Å². The van der Waals surface area contributed by atoms with Crippen LogP contribution in [-0.4, -0.2) is 33.3 Å². The fourth-order valence-corrected chi connectivity index (χ4v) is 4.05. The molecule has 2 rings (SSSR count). The van der Waals surface area contributed by atoms with Crippen molar-refractivity contribution in [3.8, 4) is 0 Å². The third-order valence-corrected chi connectivity index (χ3v) is 5.36. The molecule has 1 aromatic rings. The van der Waals surface area contributed by atoms with E-state index in [-0.39, 0.29) is 0 Å². The summed E-state index contributed by atoms with van der Waals surface area (Å²) in [4.78, 5) is 2.72. The van der Waals surface area contributed by atoms with Crippen molar-refractivity contribution >= 4 is 15.5 Å². The topological polar surface area (TPSA) is 63.4 Å². The number of nitrogens with two attached hydrogens (primary N) is 1. The van der Waals surface area contributed by atoms with Gasteiger partial charge in [0.25, 0.3) is 0 Å². The Balaban J connectivity index is 2.35. The molecule has 118 valence electrons. The number of sulfone groups is 1. The van der Waals surface area contributed by atoms with E-state index in [2.05, 4.69) is 11.8 Å². The zero-order valence-corrected chi connectivity index (χ0v) is 13.8. The van der Waals surface area contributed by atoms with Gasteiger partial charge in [0, 0.05) is 24.9 Å². The molecule has 1 aliphatic carbocycles. The van der Waals surface area contributed by atoms with E-state index in [1.807, 2.05) is 12.1 Å². The van der Waals surface area contributed by atoms with Crippen LogP contribution in [0.25, 0.3) is 0 Å². The van der Waals surface area contributed by atoms with Crippen LogP contribution in [0.2, 0.25) is 0 Å². The third-order valence-electron chi connectivity index (χ3n) is 4.22. The Morgan fingerprint density at radius 1 is 1.19 bits per heavy atom. The van der Waals surface area contributed by atoms with Gasteiger partial charge in [0.2, 0.25) is 0 Å². The molecular weight excluding hydrogens is 284 g/mol. The molecule has 0 atom stereocenters. The summed E-state index contributed by atoms with van der Waals surface area (Å²) in [7, 11) is -3.21. The molecule has 0 saturated heterocycles. The molecule has 0 spiro atoms. The standard InChI is InChI=1S/C16H26N2O2S/c1-3-12-18(14-10-8-13(17)9-11-14)15-6-4-5-7-16(15)21(2,19)20/h4-7,13-14H,3,8-12,17H2,1-2H3. The van der Waals surface area contributed by atoms with Gasteiger partial charge in [-0.3, -0.25) is 0 Å². The van der Waals surface area contributed by atoms with Crippen LogP contribution < -0.4 is 10.6 Å². The Hall–Kier alpha value is -1.07. The van der Waals surface area contributed by atoms with Crippen LogP contribution in [0.5, 0.6) is 0 Å². The van der Waals surface area contributed by atoms with Crippen molar-refractivity contribution in [1.29, 1.82) is 0 Å². The summed E-state index contributed by atoms with van der Waals surface area (Å²) in [5.74, 6) is 0. The Kier molecular flexibility index (Phi) is 5.27. The molecule has 1 fully saturated rings. The smallest absolute Gasteiger partial charge is 0.177 e. The highest BCUT2D eigenvalue weighted by molar-refractivity contribution is 7.90. The minimum Gasteiger partial charge on any atom is -0.368 e. The molecule has 1 saturated carbocycles. The highest BCUT2D eigenvalue weighted by Gasteiger charge is 2.27. The fraction of sp³-hybridized carbons (Fsp3) is 0.625. The second kappa shape index (κ2) is 6.79. The highest BCUT2D eigenvalue weighted by atomic mass is 32.2. The second-order valence-electron chi connectivity index (χ2n) is 6.00. The Labute approximate surface area is 128 Å². The van der Waals surface area contributed by atoms with Crippen molar-refractivity contribution < 1.29 is 8.42 Å². The molecule has 0 heterocycles. The van der Waals surface area contributed by atoms with Crippen molar-refractivity contribution in [2.24, 2.45) is 5.73 Å². The number of nitrogens with zero attached hydrogens (tertiary/aromatic N) is 1. The molecule has 0 unspecified atom stereocenters. The number of hydrogen-bond acceptors (Lipinski definition) is 4. The first-order chi connectivity index (χ1) is 9.93. The van der Waals surface area contributed by atoms with E-state index in [1.165, 1.54) is 6.26 Å². The van der Waals surface area contributed by atoms with Crippen LogP contribution in [0.15, 0.2) is 29.2 Å². The van der Waals surface area contributed by atoms with Gasteiger partial charge in [-0.1, -0.05) is 19.1 Å². The maximum Gasteiger partial charge on any atom is 0.177 e. The molecule has 5 heteroatoms. The van der Waals surface area contributed by atoms with Crippen LogP contribution in [-0.2, 0) is 9.84 Å². The maximum atomic E-state index is 12.1. The largest absolute Gasteiger partial charge is 0.368 e. The van der Waals surface area contributed by atoms with Crippen molar-refractivity contribution in [2.75, 3.05) is 17.7 Å². The Bertz CT molecular complexity index is 563. The van der Waals surface area contributed by atoms with Crippen LogP contribution in [0, 0.1) is 0 Å². The maximum absolute atomic E-state index is 12.1. The Morgan fingerprint density at radius 2 is 1.81 bits per heavy atom. The lowest BCUT2D eigenvalue weighted by Crippen LogP contribution is -2.42. The SMILES string of the molecule is CCCN(c1ccccc1S(C)(=O)=O)C1CCC(N)CC1. The van der Waals surface area contributed by atoms with Crippen molar-refractivity contribution in [2.45, 2.75) is 56.0 Å². The normalized spacial score (nSPS) is 23.0. The van der Waals surface area contributed by atoms with Gasteiger partial charge in [0.1, 0.15) is 0 Å². The van der Waals surface area contributed by atoms with Gasteiger partial charge in [0.05, 0.1) is 10.6 Å². The van der Waals surface area contributed by atoms with Gasteiger partial charge in [-0.15, -0.1) is 0 Å². The van der Waals surface area contributed by atoms with Crippen LogP contribution in [0.4, 0.5) is 5.69 Å². The molecule has 0 aliphatic heterocycles. The van der Waals surface area contributed by atoms with E-state index in [1.54, 1.807) is 12.1 Å². The second-order valence-corrected chi connectivity index (χ2v) is 7.99. The molecule has 0 bridgehead atoms. The minimum atomic E-state index is -3.21. The van der Waals surface area contributed by atoms with E-state index in [0.717, 1.165) is 44.3 Å². The average Bonchev–Trinajstić information content (AvgIpc) is 2.45. The lowest BCUT2D eigenvalue weighted by molar-refractivity contribution is 0.374. The van der Waals surface area contributed by atoms with Crippen molar-refractivity contribution in [1.82, 2.24) is 0 Å². The number of hydrogen-bond donors (Lipinski definition) is 1. The van der Waals surface area contributed by atoms with Gasteiger partial charge in [-0.05, 0) is 44.2 Å². The van der Waals surface area contributed by atoms with Crippen LogP contribution in [0.3, 0.4) is 0 Å². The minimum absolute atomic E-state index is 0.301. The number of para-hydroxylation sites is 1. The van der Waals surface area contributed by atoms with Crippen molar-refractivity contribution in [3.05, 3.63) is 24.3 Å². The zero-order chi connectivity index (χ0) is 15.5. The Morgan fingerprint density at radius 3 is 2.38 bits per heavy atom. The molecule has 1 aromatic carbocycles. The van der Waals surface area contributed by atoms with E-state index in [4.69, 9.17) is 5.73 Å². The third kappa shape index (κ3) is 3.98. The molecular formula is C16H26N2O2S. The van der Waals surface area contributed by atoms with Crippen molar-refractivity contribution in [3.63, 3.8) is 0 Å². The summed E-state index contributed by atoms with van der Waals surface area (Å²) >= 11 is 0. The van der Waals surface area contributed by atoms with E-state index >= 15 is 0 Å². The molecule has 0 radical (unpaired) electrons. The predicted molar refractivity (Wildman–Crippen MR) is 87.4 cm³/mol. The van der Waals surface area contributed by atoms with Gasteiger partial charge in [-0.2, -0.15) is 0 Å². The molecule has 0 amide bonds. The highest BCUT2D eigenvalue weighted by Crippen LogP contribution is 2.31. The quantitative estimate of drug-likeness (QED) is 0.908. The summed E-state index contributed by atoms with van der Waals surface area (Å²) in [5.41, 5.74) is 6.84. The molecule has 21 heavy (non-hydrogen) atoms. The first-order valence-corrected chi connectivity index (χ1v) is 9.64. The van der Waals surface area contributed by atoms with Gasteiger partial charge in [0.15, 0.2) is 9.84 Å². The first kappa shape index (κ1) is 16.3. The van der Waals surface area contributed by atoms with E-state index < -0.39 is 9.84 Å². The summed E-state index contributed by atoms with van der Waals surface area (Å²) in [6.07, 6.45) is 6.41. The lowest BCUT2D eigenvalue weighted by Gasteiger charge is -2.38. The van der Waals surface area contributed by atoms with E-state index in [9.17, 15) is 8.42 Å². The molecule has 1 aliphatic rings. The summed E-state index contributed by atoms with van der Waals surface area (Å²) < 4.78 is 24.1. The fourth-order valence-electron chi connectivity index (χ4n) is 3.16. The predicted octanol–water partition coefficient (Wildman–Crippen LogP) is 2.58. The monoisotopic (exact) mass is 310 g/mol. The molecule has 4 nitrogen and oxygen atoms in total. The molecule has 2 N–H and O–H groups in total. The average molecular weight is 310 g/mol. The summed E-state index contributed by atoms with van der Waals surface area (Å²) in [6.45, 7) is 3.01. The number of benzene rings is 1. The number of rotatable bonds is 5. The summed E-state index contributed by atoms with van der Waals surface area (Å²) in [5, 5.41) is 0. The first-order valence-electron chi connectivity index (χ1n) is 7.74. The van der Waals surface area contributed by atoms with Crippen LogP contribution >= 0.6 is 0 Å². The van der Waals surface area contributed by atoms with Gasteiger partial charge < -0.3 is 10.6 Å². The zero-order valence-electron chi connectivity index (χ0n) is 13.0. The van der Waals surface area contributed by atoms with Crippen LogP contribution in [0.1, 0.15) is 39.0 Å². The van der Waals surface area contributed by atoms with Gasteiger partial charge >= 0.3 is 0 Å². The number of anilines is 1. The summed E-state index contributed by atoms with van der Waals surface area (Å²) in [6, 6.07) is 8.05. The van der Waals surface area contributed by atoms with E-state index in [0.29, 0.717) is 17.0 Å². The molecule has 0 aromatic heterocycles.